The van der Waals surface area contributed by atoms with Gasteiger partial charge in [-0.1, -0.05) is 29.0 Å². The van der Waals surface area contributed by atoms with Gasteiger partial charge in [0.15, 0.2) is 11.7 Å². The van der Waals surface area contributed by atoms with E-state index in [-0.39, 0.29) is 6.61 Å². The van der Waals surface area contributed by atoms with Crippen LogP contribution in [0.3, 0.4) is 0 Å². The molecule has 0 radical (unpaired) electrons. The van der Waals surface area contributed by atoms with Crippen molar-refractivity contribution in [2.45, 2.75) is 13.8 Å². The number of nitrogens with one attached hydrogen (secondary N) is 1. The largest absolute Gasteiger partial charge is 0.451 e. The van der Waals surface area contributed by atoms with E-state index in [0.29, 0.717) is 10.7 Å². The Hall–Kier alpha value is -3.24. The highest BCUT2D eigenvalue weighted by Gasteiger charge is 2.18. The minimum atomic E-state index is -0.542. The number of thiazole rings is 1. The van der Waals surface area contributed by atoms with Crippen LogP contribution in [0.5, 0.6) is 0 Å². The van der Waals surface area contributed by atoms with Crippen LogP contribution in [0.4, 0.5) is 10.9 Å². The van der Waals surface area contributed by atoms with Crippen molar-refractivity contribution in [3.63, 3.8) is 0 Å². The van der Waals surface area contributed by atoms with Gasteiger partial charge in [-0.2, -0.15) is 5.10 Å². The van der Waals surface area contributed by atoms with Crippen molar-refractivity contribution >= 4 is 55.0 Å². The molecule has 4 aromatic rings. The van der Waals surface area contributed by atoms with E-state index in [4.69, 9.17) is 4.74 Å². The molecule has 1 amide bonds. The van der Waals surface area contributed by atoms with Gasteiger partial charge in [-0.05, 0) is 32.0 Å². The molecule has 1 aromatic carbocycles. The van der Waals surface area contributed by atoms with Gasteiger partial charge in [-0.15, -0.1) is 11.3 Å². The summed E-state index contributed by atoms with van der Waals surface area (Å²) in [6.07, 6.45) is 0. The Labute approximate surface area is 187 Å². The first-order valence-electron chi connectivity index (χ1n) is 9.48. The first-order chi connectivity index (χ1) is 14.8. The third-order valence-electron chi connectivity index (χ3n) is 4.37. The fraction of sp³-hybridized carbons (Fsp3) is 0.238. The average molecular weight is 456 g/mol. The summed E-state index contributed by atoms with van der Waals surface area (Å²) in [5.74, 6) is -0.465. The molecule has 0 saturated heterocycles. The molecule has 31 heavy (non-hydrogen) atoms. The number of carbonyl (C=O) groups is 2. The van der Waals surface area contributed by atoms with Gasteiger partial charge in [-0.25, -0.2) is 14.5 Å². The van der Waals surface area contributed by atoms with Gasteiger partial charge in [0.25, 0.3) is 5.91 Å². The molecular weight excluding hydrogens is 434 g/mol. The minimum Gasteiger partial charge on any atom is -0.451 e. The fourth-order valence-corrected chi connectivity index (χ4v) is 4.90. The first-order valence-corrected chi connectivity index (χ1v) is 11.1. The van der Waals surface area contributed by atoms with Crippen molar-refractivity contribution in [1.82, 2.24) is 14.8 Å². The highest BCUT2D eigenvalue weighted by atomic mass is 32.1. The molecule has 0 bridgehead atoms. The van der Waals surface area contributed by atoms with Crippen LogP contribution in [0.15, 0.2) is 36.4 Å². The Morgan fingerprint density at radius 3 is 2.55 bits per heavy atom. The number of hydrogen-bond donors (Lipinski definition) is 1. The van der Waals surface area contributed by atoms with E-state index in [1.54, 1.807) is 16.8 Å². The number of aromatic nitrogens is 3. The highest BCUT2D eigenvalue weighted by molar-refractivity contribution is 7.29. The van der Waals surface area contributed by atoms with Gasteiger partial charge < -0.3 is 15.0 Å². The SMILES string of the molecule is Cc1ccc(-n2nc(C)cc2NC(=O)COC(=O)c2cc3sc(N(C)C)nc3s2)cc1. The second kappa shape index (κ2) is 8.48. The zero-order valence-electron chi connectivity index (χ0n) is 17.5. The summed E-state index contributed by atoms with van der Waals surface area (Å²) in [4.78, 5) is 32.4. The number of nitrogens with zero attached hydrogens (tertiary/aromatic N) is 4. The number of hydrogen-bond acceptors (Lipinski definition) is 8. The van der Waals surface area contributed by atoms with Gasteiger partial charge in [0.2, 0.25) is 0 Å². The normalized spacial score (nSPS) is 11.0. The lowest BCUT2D eigenvalue weighted by Gasteiger charge is -2.09. The van der Waals surface area contributed by atoms with E-state index < -0.39 is 11.9 Å². The highest BCUT2D eigenvalue weighted by Crippen LogP contribution is 2.34. The number of ether oxygens (including phenoxy) is 1. The monoisotopic (exact) mass is 455 g/mol. The van der Waals surface area contributed by atoms with E-state index in [9.17, 15) is 9.59 Å². The van der Waals surface area contributed by atoms with Crippen molar-refractivity contribution in [1.29, 1.82) is 0 Å². The molecule has 0 aliphatic carbocycles. The second-order valence-corrected chi connectivity index (χ2v) is 9.25. The third-order valence-corrected chi connectivity index (χ3v) is 6.68. The number of amides is 1. The summed E-state index contributed by atoms with van der Waals surface area (Å²) >= 11 is 2.76. The molecule has 4 rings (SSSR count). The number of rotatable bonds is 6. The molecule has 0 saturated carbocycles. The van der Waals surface area contributed by atoms with Crippen LogP contribution >= 0.6 is 22.7 Å². The summed E-state index contributed by atoms with van der Waals surface area (Å²) in [6.45, 7) is 3.46. The topological polar surface area (TPSA) is 89.3 Å². The number of anilines is 2. The van der Waals surface area contributed by atoms with Crippen LogP contribution in [-0.4, -0.2) is 47.3 Å². The van der Waals surface area contributed by atoms with Gasteiger partial charge >= 0.3 is 5.97 Å². The molecule has 10 heteroatoms. The summed E-state index contributed by atoms with van der Waals surface area (Å²) in [5.41, 5.74) is 2.72. The van der Waals surface area contributed by atoms with E-state index in [0.717, 1.165) is 31.6 Å². The molecule has 1 N–H and O–H groups in total. The van der Waals surface area contributed by atoms with Gasteiger partial charge in [0.1, 0.15) is 15.5 Å². The summed E-state index contributed by atoms with van der Waals surface area (Å²) in [6, 6.07) is 11.3. The molecule has 0 spiro atoms. The molecule has 160 valence electrons. The number of aryl methyl sites for hydroxylation is 2. The van der Waals surface area contributed by atoms with Crippen molar-refractivity contribution in [3.05, 3.63) is 52.5 Å². The van der Waals surface area contributed by atoms with Crippen LogP contribution in [0.1, 0.15) is 20.9 Å². The lowest BCUT2D eigenvalue weighted by molar-refractivity contribution is -0.119. The standard InChI is InChI=1S/C21H21N5O3S2/c1-12-5-7-14(8-6-12)26-17(9-13(2)24-26)22-18(27)11-29-20(28)16-10-15-19(30-16)23-21(31-15)25(3)4/h5-10H,11H2,1-4H3,(H,22,27). The molecule has 0 fully saturated rings. The fourth-order valence-electron chi connectivity index (χ4n) is 2.87. The Morgan fingerprint density at radius 1 is 1.13 bits per heavy atom. The Bertz CT molecular complexity index is 1220. The summed E-state index contributed by atoms with van der Waals surface area (Å²) < 4.78 is 7.77. The van der Waals surface area contributed by atoms with Crippen molar-refractivity contribution in [2.24, 2.45) is 0 Å². The third kappa shape index (κ3) is 4.59. The zero-order chi connectivity index (χ0) is 22.1. The Balaban J connectivity index is 1.40. The lowest BCUT2D eigenvalue weighted by atomic mass is 10.2. The molecule has 8 nitrogen and oxygen atoms in total. The van der Waals surface area contributed by atoms with Gasteiger partial charge in [0, 0.05) is 20.2 Å². The van der Waals surface area contributed by atoms with Crippen molar-refractivity contribution < 1.29 is 14.3 Å². The van der Waals surface area contributed by atoms with Crippen LogP contribution in [0.25, 0.3) is 15.2 Å². The number of fused-ring (bicyclic) bond motifs is 1. The minimum absolute atomic E-state index is 0.390. The molecule has 0 unspecified atom stereocenters. The predicted molar refractivity (Wildman–Crippen MR) is 124 cm³/mol. The van der Waals surface area contributed by atoms with E-state index in [2.05, 4.69) is 15.4 Å². The number of esters is 1. The van der Waals surface area contributed by atoms with E-state index in [1.165, 1.54) is 22.7 Å². The molecule has 0 aliphatic heterocycles. The zero-order valence-corrected chi connectivity index (χ0v) is 19.1. The Morgan fingerprint density at radius 2 is 1.87 bits per heavy atom. The van der Waals surface area contributed by atoms with Crippen LogP contribution in [0.2, 0.25) is 0 Å². The molecule has 0 aliphatic rings. The predicted octanol–water partition coefficient (Wildman–Crippen LogP) is 4.02. The van der Waals surface area contributed by atoms with Crippen LogP contribution in [0, 0.1) is 13.8 Å². The average Bonchev–Trinajstić information content (AvgIpc) is 3.40. The number of benzene rings is 1. The lowest BCUT2D eigenvalue weighted by Crippen LogP contribution is -2.22. The van der Waals surface area contributed by atoms with Crippen molar-refractivity contribution in [3.8, 4) is 5.69 Å². The quantitative estimate of drug-likeness (QED) is 0.442. The summed E-state index contributed by atoms with van der Waals surface area (Å²) in [7, 11) is 3.84. The van der Waals surface area contributed by atoms with E-state index in [1.807, 2.05) is 57.1 Å². The molecular formula is C21H21N5O3S2. The van der Waals surface area contributed by atoms with Gasteiger partial charge in [0.05, 0.1) is 16.1 Å². The van der Waals surface area contributed by atoms with Gasteiger partial charge in [-0.3, -0.25) is 4.79 Å². The molecule has 0 atom stereocenters. The summed E-state index contributed by atoms with van der Waals surface area (Å²) in [5, 5.41) is 8.07. The number of carbonyl (C=O) groups excluding carboxylic acids is 2. The van der Waals surface area contributed by atoms with E-state index >= 15 is 0 Å². The second-order valence-electron chi connectivity index (χ2n) is 7.21. The maximum atomic E-state index is 12.4. The van der Waals surface area contributed by atoms with Crippen LogP contribution in [-0.2, 0) is 9.53 Å². The number of thiophene rings is 1. The Kier molecular flexibility index (Phi) is 5.75. The first kappa shape index (κ1) is 21.0. The molecule has 3 aromatic heterocycles. The van der Waals surface area contributed by atoms with Crippen LogP contribution < -0.4 is 10.2 Å². The molecule has 3 heterocycles. The van der Waals surface area contributed by atoms with Crippen molar-refractivity contribution in [2.75, 3.05) is 30.9 Å². The maximum Gasteiger partial charge on any atom is 0.348 e. The smallest absolute Gasteiger partial charge is 0.348 e. The maximum absolute atomic E-state index is 12.4.